The van der Waals surface area contributed by atoms with Crippen LogP contribution in [-0.2, 0) is 14.8 Å². The smallest absolute Gasteiger partial charge is 0.264 e. The third-order valence-corrected chi connectivity index (χ3v) is 8.99. The van der Waals surface area contributed by atoms with Crippen molar-refractivity contribution in [2.75, 3.05) is 30.8 Å². The van der Waals surface area contributed by atoms with Crippen LogP contribution in [0.3, 0.4) is 0 Å². The van der Waals surface area contributed by atoms with Crippen LogP contribution in [0, 0.1) is 6.92 Å². The van der Waals surface area contributed by atoms with Gasteiger partial charge in [-0.25, -0.2) is 8.42 Å². The second kappa shape index (κ2) is 13.3. The Bertz CT molecular complexity index is 1370. The lowest BCUT2D eigenvalue weighted by Crippen LogP contribution is -2.41. The second-order valence-electron chi connectivity index (χ2n) is 9.51. The number of anilines is 1. The van der Waals surface area contributed by atoms with Crippen LogP contribution in [0.2, 0.25) is 0 Å². The van der Waals surface area contributed by atoms with Crippen molar-refractivity contribution in [3.8, 4) is 11.5 Å². The molecule has 3 rings (SSSR count). The standard InChI is InChI=1S/C30H38N2O5S2/c1-8-37-24-11-9-23(10-12-24)32(39(34,35)26-15-13-25(38-7)14-16-26)19-30(33)31-22(5)28-18-27(20(2)3)29(36-6)17-21(28)4/h9-18,20,22H,8,19H2,1-7H3,(H,31,33)/t22-/m1/s1. The van der Waals surface area contributed by atoms with Crippen molar-refractivity contribution < 1.29 is 22.7 Å². The summed E-state index contributed by atoms with van der Waals surface area (Å²) in [6.45, 7) is 10.0. The zero-order valence-corrected chi connectivity index (χ0v) is 25.3. The highest BCUT2D eigenvalue weighted by Crippen LogP contribution is 2.32. The van der Waals surface area contributed by atoms with Crippen molar-refractivity contribution >= 4 is 33.4 Å². The van der Waals surface area contributed by atoms with Crippen molar-refractivity contribution in [2.24, 2.45) is 0 Å². The van der Waals surface area contributed by atoms with E-state index in [1.165, 1.54) is 11.8 Å². The van der Waals surface area contributed by atoms with Gasteiger partial charge in [-0.1, -0.05) is 13.8 Å². The van der Waals surface area contributed by atoms with Crippen LogP contribution in [0.1, 0.15) is 56.3 Å². The molecular formula is C30H38N2O5S2. The second-order valence-corrected chi connectivity index (χ2v) is 12.3. The Morgan fingerprint density at radius 3 is 2.18 bits per heavy atom. The van der Waals surface area contributed by atoms with Gasteiger partial charge in [-0.2, -0.15) is 0 Å². The number of methoxy groups -OCH3 is 1. The molecule has 0 saturated carbocycles. The number of thioether (sulfide) groups is 1. The van der Waals surface area contributed by atoms with E-state index in [-0.39, 0.29) is 23.4 Å². The summed E-state index contributed by atoms with van der Waals surface area (Å²) in [7, 11) is -2.38. The molecule has 0 aliphatic carbocycles. The molecule has 0 saturated heterocycles. The highest BCUT2D eigenvalue weighted by Gasteiger charge is 2.28. The highest BCUT2D eigenvalue weighted by atomic mass is 32.2. The Morgan fingerprint density at radius 1 is 1.00 bits per heavy atom. The average molecular weight is 571 g/mol. The maximum absolute atomic E-state index is 13.8. The Hall–Kier alpha value is -3.17. The molecule has 1 N–H and O–H groups in total. The van der Waals surface area contributed by atoms with Gasteiger partial charge in [0, 0.05) is 4.90 Å². The summed E-state index contributed by atoms with van der Waals surface area (Å²) in [5, 5.41) is 3.00. The first-order chi connectivity index (χ1) is 18.5. The predicted octanol–water partition coefficient (Wildman–Crippen LogP) is 6.32. The van der Waals surface area contributed by atoms with Crippen molar-refractivity contribution in [2.45, 2.75) is 56.4 Å². The minimum absolute atomic E-state index is 0.114. The number of hydrogen-bond acceptors (Lipinski definition) is 6. The molecule has 0 aromatic heterocycles. The Balaban J connectivity index is 1.92. The summed E-state index contributed by atoms with van der Waals surface area (Å²) >= 11 is 1.53. The first-order valence-electron chi connectivity index (χ1n) is 12.9. The Kier molecular flexibility index (Phi) is 10.3. The van der Waals surface area contributed by atoms with E-state index in [0.717, 1.165) is 31.6 Å². The van der Waals surface area contributed by atoms with Crippen molar-refractivity contribution in [1.29, 1.82) is 0 Å². The summed E-state index contributed by atoms with van der Waals surface area (Å²) in [5.41, 5.74) is 3.36. The maximum Gasteiger partial charge on any atom is 0.264 e. The first-order valence-corrected chi connectivity index (χ1v) is 15.6. The molecule has 1 amide bonds. The summed E-state index contributed by atoms with van der Waals surface area (Å²) in [4.78, 5) is 14.4. The monoisotopic (exact) mass is 570 g/mol. The number of carbonyl (C=O) groups excluding carboxylic acids is 1. The fraction of sp³-hybridized carbons (Fsp3) is 0.367. The Labute approximate surface area is 237 Å². The van der Waals surface area contributed by atoms with Gasteiger partial charge in [0.25, 0.3) is 10.0 Å². The molecule has 0 aliphatic heterocycles. The lowest BCUT2D eigenvalue weighted by Gasteiger charge is -2.26. The van der Waals surface area contributed by atoms with Gasteiger partial charge >= 0.3 is 0 Å². The van der Waals surface area contributed by atoms with Crippen molar-refractivity contribution in [3.05, 3.63) is 77.4 Å². The number of ether oxygens (including phenoxy) is 2. The topological polar surface area (TPSA) is 84.9 Å². The minimum Gasteiger partial charge on any atom is -0.496 e. The SMILES string of the molecule is CCOc1ccc(N(CC(=O)N[C@H](C)c2cc(C(C)C)c(OC)cc2C)S(=O)(=O)c2ccc(SC)cc2)cc1. The molecule has 0 unspecified atom stereocenters. The zero-order valence-electron chi connectivity index (χ0n) is 23.6. The van der Waals surface area contributed by atoms with Crippen LogP contribution in [0.15, 0.2) is 70.5 Å². The van der Waals surface area contributed by atoms with Gasteiger partial charge < -0.3 is 14.8 Å². The van der Waals surface area contributed by atoms with E-state index in [9.17, 15) is 13.2 Å². The number of benzene rings is 3. The van der Waals surface area contributed by atoms with E-state index in [4.69, 9.17) is 9.47 Å². The summed E-state index contributed by atoms with van der Waals surface area (Å²) in [6.07, 6.45) is 1.93. The van der Waals surface area contributed by atoms with E-state index < -0.39 is 15.9 Å². The number of amides is 1. The predicted molar refractivity (Wildman–Crippen MR) is 159 cm³/mol. The quantitative estimate of drug-likeness (QED) is 0.257. The van der Waals surface area contributed by atoms with Crippen molar-refractivity contribution in [3.63, 3.8) is 0 Å². The van der Waals surface area contributed by atoms with E-state index in [2.05, 4.69) is 25.2 Å². The molecule has 7 nitrogen and oxygen atoms in total. The summed E-state index contributed by atoms with van der Waals surface area (Å²) in [5.74, 6) is 1.25. The molecule has 0 spiro atoms. The Morgan fingerprint density at radius 2 is 1.64 bits per heavy atom. The van der Waals surface area contributed by atoms with Crippen LogP contribution < -0.4 is 19.1 Å². The van der Waals surface area contributed by atoms with E-state index >= 15 is 0 Å². The molecular weight excluding hydrogens is 532 g/mol. The van der Waals surface area contributed by atoms with E-state index in [0.29, 0.717) is 18.0 Å². The number of nitrogens with zero attached hydrogens (tertiary/aromatic N) is 1. The normalized spacial score (nSPS) is 12.2. The van der Waals surface area contributed by atoms with Crippen LogP contribution in [0.25, 0.3) is 0 Å². The van der Waals surface area contributed by atoms with Gasteiger partial charge in [-0.05, 0) is 110 Å². The number of hydrogen-bond donors (Lipinski definition) is 1. The largest absolute Gasteiger partial charge is 0.496 e. The van der Waals surface area contributed by atoms with Gasteiger partial charge in [0.1, 0.15) is 18.0 Å². The number of rotatable bonds is 12. The average Bonchev–Trinajstić information content (AvgIpc) is 2.91. The highest BCUT2D eigenvalue weighted by molar-refractivity contribution is 7.98. The summed E-state index contributed by atoms with van der Waals surface area (Å²) in [6, 6.07) is 17.0. The van der Waals surface area contributed by atoms with E-state index in [1.54, 1.807) is 55.6 Å². The lowest BCUT2D eigenvalue weighted by atomic mass is 9.93. The maximum atomic E-state index is 13.8. The molecule has 0 radical (unpaired) electrons. The van der Waals surface area contributed by atoms with Crippen LogP contribution in [-0.4, -0.2) is 40.8 Å². The van der Waals surface area contributed by atoms with Crippen LogP contribution in [0.5, 0.6) is 11.5 Å². The molecule has 1 atom stereocenters. The molecule has 3 aromatic rings. The molecule has 0 aliphatic rings. The van der Waals surface area contributed by atoms with Gasteiger partial charge in [-0.3, -0.25) is 9.10 Å². The lowest BCUT2D eigenvalue weighted by molar-refractivity contribution is -0.120. The fourth-order valence-corrected chi connectivity index (χ4v) is 6.20. The molecule has 0 bridgehead atoms. The molecule has 9 heteroatoms. The van der Waals surface area contributed by atoms with Gasteiger partial charge in [0.05, 0.1) is 30.3 Å². The third-order valence-electron chi connectivity index (χ3n) is 6.45. The van der Waals surface area contributed by atoms with Crippen molar-refractivity contribution in [1.82, 2.24) is 5.32 Å². The van der Waals surface area contributed by atoms with Crippen LogP contribution >= 0.6 is 11.8 Å². The molecule has 0 heterocycles. The summed E-state index contributed by atoms with van der Waals surface area (Å²) < 4.78 is 39.7. The first kappa shape index (κ1) is 30.4. The number of nitrogens with one attached hydrogen (secondary N) is 1. The molecule has 0 fully saturated rings. The molecule has 210 valence electrons. The van der Waals surface area contributed by atoms with E-state index in [1.807, 2.05) is 33.1 Å². The fourth-order valence-electron chi connectivity index (χ4n) is 4.37. The third kappa shape index (κ3) is 7.28. The number of aryl methyl sites for hydroxylation is 1. The van der Waals surface area contributed by atoms with Crippen LogP contribution in [0.4, 0.5) is 5.69 Å². The van der Waals surface area contributed by atoms with Gasteiger partial charge in [0.15, 0.2) is 0 Å². The minimum atomic E-state index is -4.03. The van der Waals surface area contributed by atoms with Gasteiger partial charge in [-0.15, -0.1) is 11.8 Å². The number of sulfonamides is 1. The number of carbonyl (C=O) groups is 1. The van der Waals surface area contributed by atoms with Gasteiger partial charge in [0.2, 0.25) is 5.91 Å². The zero-order chi connectivity index (χ0) is 28.7. The molecule has 39 heavy (non-hydrogen) atoms. The molecule has 3 aromatic carbocycles.